The van der Waals surface area contributed by atoms with Crippen LogP contribution in [0.25, 0.3) is 0 Å². The number of hydrogen-bond donors (Lipinski definition) is 1. The van der Waals surface area contributed by atoms with E-state index in [4.69, 9.17) is 0 Å². The molecule has 0 bridgehead atoms. The summed E-state index contributed by atoms with van der Waals surface area (Å²) in [4.78, 5) is 17.8. The number of carbonyl (C=O) groups is 1. The first-order valence-electron chi connectivity index (χ1n) is 7.71. The molecule has 2 heterocycles. The SMILES string of the molecule is O=C(O)C1CCCN(Cc2nccn2Cc2ccccc2)C1. The van der Waals surface area contributed by atoms with Crippen LogP contribution in [0, 0.1) is 5.92 Å². The van der Waals surface area contributed by atoms with Gasteiger partial charge in [-0.05, 0) is 24.9 Å². The predicted molar refractivity (Wildman–Crippen MR) is 83.4 cm³/mol. The highest BCUT2D eigenvalue weighted by Crippen LogP contribution is 2.18. The quantitative estimate of drug-likeness (QED) is 0.920. The second kappa shape index (κ2) is 6.75. The monoisotopic (exact) mass is 299 g/mol. The number of aliphatic carboxylic acids is 1. The Kier molecular flexibility index (Phi) is 4.53. The minimum absolute atomic E-state index is 0.244. The van der Waals surface area contributed by atoms with Crippen LogP contribution in [0.4, 0.5) is 0 Å². The number of hydrogen-bond acceptors (Lipinski definition) is 3. The van der Waals surface area contributed by atoms with Crippen LogP contribution >= 0.6 is 0 Å². The van der Waals surface area contributed by atoms with Crippen LogP contribution in [0.1, 0.15) is 24.2 Å². The van der Waals surface area contributed by atoms with Crippen LogP contribution in [0.3, 0.4) is 0 Å². The van der Waals surface area contributed by atoms with Gasteiger partial charge in [-0.15, -0.1) is 0 Å². The van der Waals surface area contributed by atoms with Gasteiger partial charge < -0.3 is 9.67 Å². The van der Waals surface area contributed by atoms with E-state index in [1.807, 2.05) is 30.6 Å². The maximum absolute atomic E-state index is 11.2. The molecular formula is C17H21N3O2. The average Bonchev–Trinajstić information content (AvgIpc) is 2.95. The van der Waals surface area contributed by atoms with Gasteiger partial charge >= 0.3 is 5.97 Å². The summed E-state index contributed by atoms with van der Waals surface area (Å²) in [5.74, 6) is 0.0681. The number of benzene rings is 1. The Hall–Kier alpha value is -2.14. The lowest BCUT2D eigenvalue weighted by Crippen LogP contribution is -2.38. The van der Waals surface area contributed by atoms with E-state index in [9.17, 15) is 9.90 Å². The van der Waals surface area contributed by atoms with E-state index in [1.165, 1.54) is 5.56 Å². The van der Waals surface area contributed by atoms with Gasteiger partial charge in [0, 0.05) is 25.5 Å². The molecular weight excluding hydrogens is 278 g/mol. The van der Waals surface area contributed by atoms with Gasteiger partial charge in [-0.1, -0.05) is 30.3 Å². The van der Waals surface area contributed by atoms with E-state index in [-0.39, 0.29) is 5.92 Å². The Morgan fingerprint density at radius 3 is 2.86 bits per heavy atom. The van der Waals surface area contributed by atoms with Gasteiger partial charge in [-0.3, -0.25) is 9.69 Å². The van der Waals surface area contributed by atoms with Crippen molar-refractivity contribution in [1.82, 2.24) is 14.5 Å². The largest absolute Gasteiger partial charge is 0.481 e. The molecule has 1 aromatic carbocycles. The third kappa shape index (κ3) is 3.54. The van der Waals surface area contributed by atoms with E-state index >= 15 is 0 Å². The molecule has 116 valence electrons. The number of nitrogens with zero attached hydrogens (tertiary/aromatic N) is 3. The number of aromatic nitrogens is 2. The lowest BCUT2D eigenvalue weighted by Gasteiger charge is -2.30. The normalized spacial score (nSPS) is 19.2. The summed E-state index contributed by atoms with van der Waals surface area (Å²) in [6.45, 7) is 3.07. The standard InChI is InChI=1S/C17H21N3O2/c21-17(22)15-7-4-9-19(12-15)13-16-18-8-10-20(16)11-14-5-2-1-3-6-14/h1-3,5-6,8,10,15H,4,7,9,11-13H2,(H,21,22). The highest BCUT2D eigenvalue weighted by molar-refractivity contribution is 5.70. The Labute approximate surface area is 130 Å². The fourth-order valence-electron chi connectivity index (χ4n) is 3.02. The lowest BCUT2D eigenvalue weighted by molar-refractivity contribution is -0.143. The summed E-state index contributed by atoms with van der Waals surface area (Å²) in [7, 11) is 0. The molecule has 3 rings (SSSR count). The van der Waals surface area contributed by atoms with Crippen molar-refractivity contribution in [3.8, 4) is 0 Å². The van der Waals surface area contributed by atoms with Gasteiger partial charge in [0.2, 0.25) is 0 Å². The van der Waals surface area contributed by atoms with Gasteiger partial charge in [0.1, 0.15) is 5.82 Å². The van der Waals surface area contributed by atoms with Crippen molar-refractivity contribution in [2.75, 3.05) is 13.1 Å². The maximum atomic E-state index is 11.2. The second-order valence-electron chi connectivity index (χ2n) is 5.87. The number of imidazole rings is 1. The van der Waals surface area contributed by atoms with Crippen LogP contribution in [0.5, 0.6) is 0 Å². The molecule has 1 N–H and O–H groups in total. The number of carboxylic acid groups (broad SMARTS) is 1. The molecule has 1 aliphatic rings. The molecule has 0 aliphatic carbocycles. The maximum Gasteiger partial charge on any atom is 0.307 e. The smallest absolute Gasteiger partial charge is 0.307 e. The van der Waals surface area contributed by atoms with E-state index in [0.717, 1.165) is 31.8 Å². The first-order chi connectivity index (χ1) is 10.7. The van der Waals surface area contributed by atoms with E-state index in [2.05, 4.69) is 26.6 Å². The third-order valence-electron chi connectivity index (χ3n) is 4.22. The van der Waals surface area contributed by atoms with E-state index in [0.29, 0.717) is 13.1 Å². The molecule has 1 saturated heterocycles. The van der Waals surface area contributed by atoms with Crippen LogP contribution in [0.15, 0.2) is 42.7 Å². The minimum atomic E-state index is -0.683. The first kappa shape index (κ1) is 14.8. The molecule has 1 aromatic heterocycles. The Bertz CT molecular complexity index is 624. The lowest BCUT2D eigenvalue weighted by atomic mass is 9.98. The number of carboxylic acids is 1. The van der Waals surface area contributed by atoms with Crippen molar-refractivity contribution in [2.24, 2.45) is 5.92 Å². The Morgan fingerprint density at radius 1 is 1.27 bits per heavy atom. The van der Waals surface area contributed by atoms with Crippen molar-refractivity contribution in [3.63, 3.8) is 0 Å². The molecule has 0 saturated carbocycles. The number of rotatable bonds is 5. The Morgan fingerprint density at radius 2 is 2.09 bits per heavy atom. The van der Waals surface area contributed by atoms with E-state index in [1.54, 1.807) is 0 Å². The minimum Gasteiger partial charge on any atom is -0.481 e. The summed E-state index contributed by atoms with van der Waals surface area (Å²) >= 11 is 0. The van der Waals surface area contributed by atoms with Crippen molar-refractivity contribution in [3.05, 3.63) is 54.1 Å². The van der Waals surface area contributed by atoms with Crippen molar-refractivity contribution in [2.45, 2.75) is 25.9 Å². The summed E-state index contributed by atoms with van der Waals surface area (Å²) in [5.41, 5.74) is 1.24. The number of likely N-dealkylation sites (tertiary alicyclic amines) is 1. The van der Waals surface area contributed by atoms with Crippen molar-refractivity contribution >= 4 is 5.97 Å². The van der Waals surface area contributed by atoms with Gasteiger partial charge in [-0.25, -0.2) is 4.98 Å². The van der Waals surface area contributed by atoms with Gasteiger partial charge in [0.05, 0.1) is 12.5 Å². The van der Waals surface area contributed by atoms with Crippen LogP contribution in [0.2, 0.25) is 0 Å². The van der Waals surface area contributed by atoms with E-state index < -0.39 is 5.97 Å². The Balaban J connectivity index is 1.66. The molecule has 0 spiro atoms. The van der Waals surface area contributed by atoms with Crippen LogP contribution in [-0.4, -0.2) is 38.6 Å². The molecule has 2 aromatic rings. The molecule has 1 aliphatic heterocycles. The molecule has 0 radical (unpaired) electrons. The summed E-state index contributed by atoms with van der Waals surface area (Å²) in [6, 6.07) is 10.3. The summed E-state index contributed by atoms with van der Waals surface area (Å²) in [6.07, 6.45) is 5.53. The molecule has 0 amide bonds. The van der Waals surface area contributed by atoms with Crippen molar-refractivity contribution in [1.29, 1.82) is 0 Å². The zero-order valence-electron chi connectivity index (χ0n) is 12.6. The third-order valence-corrected chi connectivity index (χ3v) is 4.22. The highest BCUT2D eigenvalue weighted by atomic mass is 16.4. The first-order valence-corrected chi connectivity index (χ1v) is 7.71. The topological polar surface area (TPSA) is 58.4 Å². The second-order valence-corrected chi connectivity index (χ2v) is 5.87. The zero-order chi connectivity index (χ0) is 15.4. The fraction of sp³-hybridized carbons (Fsp3) is 0.412. The molecule has 5 nitrogen and oxygen atoms in total. The summed E-state index contributed by atoms with van der Waals surface area (Å²) < 4.78 is 2.14. The van der Waals surface area contributed by atoms with Crippen LogP contribution in [-0.2, 0) is 17.9 Å². The summed E-state index contributed by atoms with van der Waals surface area (Å²) in [5, 5.41) is 9.18. The van der Waals surface area contributed by atoms with Gasteiger partial charge in [0.15, 0.2) is 0 Å². The average molecular weight is 299 g/mol. The highest BCUT2D eigenvalue weighted by Gasteiger charge is 2.25. The zero-order valence-corrected chi connectivity index (χ0v) is 12.6. The molecule has 1 unspecified atom stereocenters. The fourth-order valence-corrected chi connectivity index (χ4v) is 3.02. The molecule has 1 fully saturated rings. The van der Waals surface area contributed by atoms with Crippen LogP contribution < -0.4 is 0 Å². The molecule has 5 heteroatoms. The predicted octanol–water partition coefficient (Wildman–Crippen LogP) is 2.23. The van der Waals surface area contributed by atoms with Gasteiger partial charge in [-0.2, -0.15) is 0 Å². The molecule has 22 heavy (non-hydrogen) atoms. The van der Waals surface area contributed by atoms with Crippen molar-refractivity contribution < 1.29 is 9.90 Å². The molecule has 1 atom stereocenters. The number of piperidine rings is 1. The van der Waals surface area contributed by atoms with Gasteiger partial charge in [0.25, 0.3) is 0 Å².